The predicted molar refractivity (Wildman–Crippen MR) is 418 cm³/mol. The van der Waals surface area contributed by atoms with E-state index in [2.05, 4.69) is 55.6 Å². The van der Waals surface area contributed by atoms with E-state index in [9.17, 15) is 67.1 Å². The summed E-state index contributed by atoms with van der Waals surface area (Å²) in [6.07, 6.45) is -14.4. The van der Waals surface area contributed by atoms with E-state index < -0.39 is 76.5 Å². The smallest absolute Gasteiger partial charge is 0.455 e. The van der Waals surface area contributed by atoms with E-state index in [0.717, 1.165) is 51.3 Å². The van der Waals surface area contributed by atoms with Crippen molar-refractivity contribution < 1.29 is 100 Å². The lowest BCUT2D eigenvalue weighted by Gasteiger charge is -2.23. The number of amides is 3. The number of ether oxygens (including phenoxy) is 7. The minimum absolute atomic E-state index is 0.0471. The maximum Gasteiger partial charge on any atom is 0.458 e. The molecule has 8 aromatic rings. The Morgan fingerprint density at radius 1 is 0.375 bits per heavy atom. The van der Waals surface area contributed by atoms with Crippen molar-refractivity contribution in [2.75, 3.05) is 78.1 Å². The van der Waals surface area contributed by atoms with Gasteiger partial charge in [0, 0.05) is 69.2 Å². The fourth-order valence-electron chi connectivity index (χ4n) is 9.67. The molecule has 608 valence electrons. The Hall–Kier alpha value is -9.96. The Morgan fingerprint density at radius 2 is 0.652 bits per heavy atom. The van der Waals surface area contributed by atoms with Crippen molar-refractivity contribution in [1.29, 1.82) is 0 Å². The molecule has 0 atom stereocenters. The van der Waals surface area contributed by atoms with Crippen molar-refractivity contribution in [2.24, 2.45) is 0 Å². The van der Waals surface area contributed by atoms with E-state index in [0.29, 0.717) is 70.5 Å². The fourth-order valence-corrected chi connectivity index (χ4v) is 10.1. The zero-order valence-corrected chi connectivity index (χ0v) is 67.1. The molecule has 0 unspecified atom stereocenters. The normalized spacial score (nSPS) is 11.9. The lowest BCUT2D eigenvalue weighted by atomic mass is 10.0. The number of nitrogens with one attached hydrogen (secondary N) is 3. The second-order valence-electron chi connectivity index (χ2n) is 29.1. The number of para-hydroxylation sites is 8. The molecule has 0 saturated carbocycles. The van der Waals surface area contributed by atoms with Crippen LogP contribution in [0.3, 0.4) is 0 Å². The van der Waals surface area contributed by atoms with Gasteiger partial charge in [-0.3, -0.25) is 16.0 Å². The van der Waals surface area contributed by atoms with Gasteiger partial charge in [0.15, 0.2) is 17.2 Å². The Balaban J connectivity index is 0.000000268. The van der Waals surface area contributed by atoms with Crippen molar-refractivity contribution in [1.82, 2.24) is 19.6 Å². The molecule has 0 spiro atoms. The summed E-state index contributed by atoms with van der Waals surface area (Å²) in [5.74, 6) is -7.98. The number of hydrogen-bond donors (Lipinski definition) is 4. The molecular formula is C81H93F12IN8O10. The molecule has 8 aromatic carbocycles. The third-order valence-electron chi connectivity index (χ3n) is 14.3. The van der Waals surface area contributed by atoms with Gasteiger partial charge in [0.25, 0.3) is 6.08 Å². The molecule has 3 amide bonds. The van der Waals surface area contributed by atoms with Crippen LogP contribution >= 0.6 is 22.6 Å². The van der Waals surface area contributed by atoms with Crippen molar-refractivity contribution in [3.63, 3.8) is 0 Å². The summed E-state index contributed by atoms with van der Waals surface area (Å²) in [5, 5.41) is 7.92. The summed E-state index contributed by atoms with van der Waals surface area (Å²) in [5.41, 5.74) is 5.76. The van der Waals surface area contributed by atoms with Gasteiger partial charge in [-0.2, -0.15) is 52.7 Å². The number of hydrogen-bond acceptors (Lipinski definition) is 15. The first-order chi connectivity index (χ1) is 51.8. The predicted octanol–water partition coefficient (Wildman–Crippen LogP) is 22.9. The molecule has 31 heteroatoms. The van der Waals surface area contributed by atoms with Gasteiger partial charge in [-0.15, -0.1) is 0 Å². The Labute approximate surface area is 658 Å². The summed E-state index contributed by atoms with van der Waals surface area (Å²) in [7, 11) is 14.7. The second kappa shape index (κ2) is 40.0. The van der Waals surface area contributed by atoms with Gasteiger partial charge in [0.1, 0.15) is 45.6 Å². The minimum atomic E-state index is -5.76. The topological polar surface area (TPSA) is 191 Å². The van der Waals surface area contributed by atoms with Crippen LogP contribution < -0.4 is 40.6 Å². The van der Waals surface area contributed by atoms with Gasteiger partial charge >= 0.3 is 42.5 Å². The van der Waals surface area contributed by atoms with Gasteiger partial charge in [0.2, 0.25) is 0 Å². The highest BCUT2D eigenvalue weighted by molar-refractivity contribution is 14.1. The van der Waals surface area contributed by atoms with E-state index >= 15 is 0 Å². The quantitative estimate of drug-likeness (QED) is 0.0217. The van der Waals surface area contributed by atoms with Gasteiger partial charge < -0.3 is 58.5 Å². The molecule has 0 aromatic heterocycles. The summed E-state index contributed by atoms with van der Waals surface area (Å²) in [6, 6.07) is 42.8. The Morgan fingerprint density at radius 3 is 0.955 bits per heavy atom. The number of rotatable bonds is 22. The Kier molecular flexibility index (Phi) is 33.1. The van der Waals surface area contributed by atoms with Crippen molar-refractivity contribution in [3.8, 4) is 46.0 Å². The van der Waals surface area contributed by atoms with Crippen molar-refractivity contribution >= 4 is 69.7 Å². The number of nitrogens with two attached hydrogens (primary N) is 1. The molecule has 0 bridgehead atoms. The van der Waals surface area contributed by atoms with E-state index in [4.69, 9.17) is 38.9 Å². The molecule has 0 aliphatic carbocycles. The highest BCUT2D eigenvalue weighted by Crippen LogP contribution is 2.48. The van der Waals surface area contributed by atoms with Crippen LogP contribution in [0.2, 0.25) is 0 Å². The molecule has 0 heterocycles. The first-order valence-electron chi connectivity index (χ1n) is 34.3. The van der Waals surface area contributed by atoms with Crippen LogP contribution in [0, 0.1) is 3.57 Å². The minimum Gasteiger partial charge on any atom is -0.455 e. The SMILES string of the molecule is CN(C)Cc1ccc(C(F)(F)C(F)(F)F)cc1Oc1ccccc1NC(=O)OC(C)(C)C.CN(C)Cc1ccc(C([18F])([18F])C([18F])([18F])[18F])cc1Oc1ccccc1N.CN(C)Cc1ccc(C=C(F)F)cc1Oc1ccccc1NC(=O)OC(C)(C)C.CN(C)Cc1ccc(I)cc1Oc1ccccc1NC(=O)OC(C)(C)C. The second-order valence-corrected chi connectivity index (χ2v) is 30.4. The first kappa shape index (κ1) is 92.6. The van der Waals surface area contributed by atoms with Gasteiger partial charge in [0.05, 0.1) is 22.7 Å². The number of nitrogen functional groups attached to an aromatic ring is 1. The maximum atomic E-state index is 13.9. The van der Waals surface area contributed by atoms with Crippen LogP contribution in [0.5, 0.6) is 46.0 Å². The van der Waals surface area contributed by atoms with E-state index in [1.807, 2.05) is 78.1 Å². The maximum absolute atomic E-state index is 13.9. The first-order valence-corrected chi connectivity index (χ1v) is 35.4. The monoisotopic (exact) mass is 1690 g/mol. The highest BCUT2D eigenvalue weighted by Gasteiger charge is 2.60. The largest absolute Gasteiger partial charge is 0.458 e. The lowest BCUT2D eigenvalue weighted by molar-refractivity contribution is -0.289. The average molecular weight is 1690 g/mol. The number of alkyl halides is 10. The van der Waals surface area contributed by atoms with Gasteiger partial charge in [-0.1, -0.05) is 91.0 Å². The number of benzene rings is 8. The summed E-state index contributed by atoms with van der Waals surface area (Å²) in [4.78, 5) is 43.8. The average Bonchev–Trinajstić information content (AvgIpc) is 0.773. The number of anilines is 4. The molecule has 0 radical (unpaired) electrons. The molecular weight excluding hydrogens is 1590 g/mol. The lowest BCUT2D eigenvalue weighted by Crippen LogP contribution is -2.33. The zero-order chi connectivity index (χ0) is 84.1. The summed E-state index contributed by atoms with van der Waals surface area (Å²) < 4.78 is 197. The molecule has 18 nitrogen and oxygen atoms in total. The van der Waals surface area contributed by atoms with Crippen LogP contribution in [0.15, 0.2) is 176 Å². The highest BCUT2D eigenvalue weighted by atomic mass is 127. The van der Waals surface area contributed by atoms with Crippen LogP contribution in [0.4, 0.5) is 89.8 Å². The zero-order valence-electron chi connectivity index (χ0n) is 64.9. The molecule has 0 saturated heterocycles. The number of nitrogens with zero attached hydrogens (tertiary/aromatic N) is 4. The van der Waals surface area contributed by atoms with Crippen LogP contribution in [-0.2, 0) is 52.2 Å². The Bertz CT molecular complexity index is 4480. The third-order valence-corrected chi connectivity index (χ3v) is 15.0. The van der Waals surface area contributed by atoms with E-state index in [-0.39, 0.29) is 40.9 Å². The molecule has 112 heavy (non-hydrogen) atoms. The van der Waals surface area contributed by atoms with E-state index in [1.54, 1.807) is 152 Å². The van der Waals surface area contributed by atoms with Gasteiger partial charge in [-0.05, 0) is 226 Å². The van der Waals surface area contributed by atoms with Crippen LogP contribution in [0.1, 0.15) is 101 Å². The molecule has 0 aliphatic heterocycles. The van der Waals surface area contributed by atoms with E-state index in [1.165, 1.54) is 30.3 Å². The van der Waals surface area contributed by atoms with Crippen molar-refractivity contribution in [2.45, 2.75) is 129 Å². The van der Waals surface area contributed by atoms with Crippen molar-refractivity contribution in [3.05, 3.63) is 218 Å². The number of carbonyl (C=O) groups excluding carboxylic acids is 3. The summed E-state index contributed by atoms with van der Waals surface area (Å²) >= 11 is 2.26. The van der Waals surface area contributed by atoms with Crippen LogP contribution in [0.25, 0.3) is 6.08 Å². The summed E-state index contributed by atoms with van der Waals surface area (Å²) in [6.45, 7) is 17.6. The molecule has 5 N–H and O–H groups in total. The fraction of sp³-hybridized carbons (Fsp3) is 0.346. The van der Waals surface area contributed by atoms with Crippen LogP contribution in [-0.4, -0.2) is 123 Å². The van der Waals surface area contributed by atoms with Gasteiger partial charge in [-0.25, -0.2) is 14.4 Å². The third kappa shape index (κ3) is 30.6. The standard InChI is InChI=1S/C22H25F5N2O3.C22H26F2N2O3.C20H25IN2O3.C17H17F5N2O/c1-20(2,3)32-19(30)28-16-8-6-7-9-17(16)31-18-12-15(21(23,24)22(25,26)27)11-10-14(18)13-29(4)5;1-22(2,3)29-21(27)25-17-8-6-7-9-18(17)28-19-12-15(13-20(23)24)10-11-16(19)14-26(4)5;1-20(2,3)26-19(24)22-16-8-6-7-9-17(16)25-18-12-15(21)11-10-14(18)13-23(4)5;1-24(2)10-11-7-8-12(16(18,19)17(20,21)22)9-15(11)25-14-6-4-3-5-13(14)23/h6-12H,13H2,1-5H3,(H,28,30);6-13H,14H2,1-5H3,(H,25,27);6-12H,13H2,1-5H3,(H,22,24);3-9H,10,23H2,1-2H3/i;;;18-1,19-1,20-1,21-1,22-1. The molecule has 0 fully saturated rings. The number of carbonyl (C=O) groups is 3. The molecule has 8 rings (SSSR count). The molecule has 0 aliphatic rings. The number of halogens is 13.